The Labute approximate surface area is 245 Å². The van der Waals surface area contributed by atoms with E-state index in [1.54, 1.807) is 19.2 Å². The molecule has 3 atom stereocenters. The molecule has 3 aliphatic rings. The van der Waals surface area contributed by atoms with E-state index in [4.69, 9.17) is 16.3 Å². The van der Waals surface area contributed by atoms with Crippen LogP contribution >= 0.6 is 11.6 Å². The second-order valence-electron chi connectivity index (χ2n) is 12.0. The Balaban J connectivity index is 1.39. The van der Waals surface area contributed by atoms with Crippen molar-refractivity contribution in [1.82, 2.24) is 19.8 Å². The molecule has 1 aromatic heterocycles. The number of likely N-dealkylation sites (N-methyl/N-ethyl adjacent to an activating group) is 2. The lowest BCUT2D eigenvalue weighted by atomic mass is 9.95. The first-order chi connectivity index (χ1) is 19.4. The largest absolute Gasteiger partial charge is 0.444 e. The van der Waals surface area contributed by atoms with Crippen molar-refractivity contribution < 1.29 is 19.1 Å². The van der Waals surface area contributed by atoms with Crippen molar-refractivity contribution in [3.63, 3.8) is 0 Å². The van der Waals surface area contributed by atoms with E-state index in [1.807, 2.05) is 49.6 Å². The molecule has 2 bridgehead atoms. The first-order valence-corrected chi connectivity index (χ1v) is 14.5. The molecular weight excluding hydrogens is 546 g/mol. The molecule has 12 heteroatoms. The zero-order valence-corrected chi connectivity index (χ0v) is 25.0. The van der Waals surface area contributed by atoms with Crippen molar-refractivity contribution >= 4 is 46.8 Å². The van der Waals surface area contributed by atoms with E-state index < -0.39 is 17.6 Å². The Morgan fingerprint density at radius 3 is 2.41 bits per heavy atom. The summed E-state index contributed by atoms with van der Waals surface area (Å²) in [6.07, 6.45) is 2.77. The van der Waals surface area contributed by atoms with Crippen LogP contribution in [0.2, 0.25) is 5.02 Å². The molecule has 4 heterocycles. The number of anilines is 3. The number of carbonyl (C=O) groups excluding carboxylic acids is 3. The van der Waals surface area contributed by atoms with Crippen molar-refractivity contribution in [2.45, 2.75) is 64.1 Å². The summed E-state index contributed by atoms with van der Waals surface area (Å²) < 4.78 is 5.56. The van der Waals surface area contributed by atoms with Crippen LogP contribution < -0.4 is 15.1 Å². The van der Waals surface area contributed by atoms with E-state index in [0.29, 0.717) is 30.5 Å². The average molecular weight is 584 g/mol. The van der Waals surface area contributed by atoms with Crippen molar-refractivity contribution in [2.24, 2.45) is 0 Å². The van der Waals surface area contributed by atoms with E-state index in [9.17, 15) is 14.4 Å². The second kappa shape index (κ2) is 11.3. The molecule has 0 unspecified atom stereocenters. The van der Waals surface area contributed by atoms with Gasteiger partial charge in [-0.3, -0.25) is 9.59 Å². The third-order valence-corrected chi connectivity index (χ3v) is 8.11. The minimum atomic E-state index is -0.642. The van der Waals surface area contributed by atoms with Crippen LogP contribution in [0.1, 0.15) is 52.0 Å². The Morgan fingerprint density at radius 1 is 1.15 bits per heavy atom. The lowest BCUT2D eigenvalue weighted by Crippen LogP contribution is -2.58. The Bertz CT molecular complexity index is 1300. The van der Waals surface area contributed by atoms with E-state index in [1.165, 1.54) is 11.2 Å². The topological polar surface area (TPSA) is 111 Å². The fourth-order valence-electron chi connectivity index (χ4n) is 6.00. The second-order valence-corrected chi connectivity index (χ2v) is 12.4. The zero-order valence-electron chi connectivity index (χ0n) is 24.3. The molecule has 3 aliphatic heterocycles. The summed E-state index contributed by atoms with van der Waals surface area (Å²) in [5.74, 6) is 0.620. The maximum absolute atomic E-state index is 14.3. The quantitative estimate of drug-likeness (QED) is 0.547. The highest BCUT2D eigenvalue weighted by atomic mass is 35.5. The van der Waals surface area contributed by atoms with Gasteiger partial charge in [0.25, 0.3) is 0 Å². The predicted molar refractivity (Wildman–Crippen MR) is 157 cm³/mol. The molecule has 41 heavy (non-hydrogen) atoms. The molecule has 220 valence electrons. The summed E-state index contributed by atoms with van der Waals surface area (Å²) in [4.78, 5) is 56.0. The Morgan fingerprint density at radius 2 is 1.80 bits per heavy atom. The van der Waals surface area contributed by atoms with Gasteiger partial charge >= 0.3 is 6.09 Å². The van der Waals surface area contributed by atoms with E-state index >= 15 is 0 Å². The number of nitrogens with zero attached hydrogens (tertiary/aromatic N) is 6. The lowest BCUT2D eigenvalue weighted by Gasteiger charge is -2.44. The van der Waals surface area contributed by atoms with Gasteiger partial charge in [-0.1, -0.05) is 23.7 Å². The summed E-state index contributed by atoms with van der Waals surface area (Å²) in [6, 6.07) is 7.23. The first-order valence-electron chi connectivity index (χ1n) is 14.1. The number of fused-ring (bicyclic) bond motifs is 3. The van der Waals surface area contributed by atoms with Crippen molar-refractivity contribution in [3.05, 3.63) is 41.2 Å². The number of hydrogen-bond donors (Lipinski definition) is 1. The molecule has 5 rings (SSSR count). The third kappa shape index (κ3) is 6.05. The summed E-state index contributed by atoms with van der Waals surface area (Å²) in [7, 11) is 1.66. The molecule has 1 N–H and O–H groups in total. The van der Waals surface area contributed by atoms with Crippen LogP contribution in [0.5, 0.6) is 0 Å². The number of halogens is 1. The van der Waals surface area contributed by atoms with Gasteiger partial charge in [0.2, 0.25) is 11.8 Å². The minimum Gasteiger partial charge on any atom is -0.444 e. The van der Waals surface area contributed by atoms with Crippen LogP contribution in [0.15, 0.2) is 30.6 Å². The first kappa shape index (κ1) is 28.9. The van der Waals surface area contributed by atoms with Gasteiger partial charge in [0.1, 0.15) is 17.6 Å². The molecule has 0 radical (unpaired) electrons. The maximum Gasteiger partial charge on any atom is 0.410 e. The number of amides is 3. The van der Waals surface area contributed by atoms with E-state index in [2.05, 4.69) is 20.2 Å². The third-order valence-electron chi connectivity index (χ3n) is 7.86. The van der Waals surface area contributed by atoms with Crippen LogP contribution in [0.25, 0.3) is 0 Å². The normalized spacial score (nSPS) is 20.8. The van der Waals surface area contributed by atoms with E-state index in [0.717, 1.165) is 29.9 Å². The molecule has 3 amide bonds. The van der Waals surface area contributed by atoms with Crippen LogP contribution in [0.4, 0.5) is 22.1 Å². The van der Waals surface area contributed by atoms with Crippen molar-refractivity contribution in [1.29, 1.82) is 0 Å². The molecule has 0 spiro atoms. The fourth-order valence-corrected chi connectivity index (χ4v) is 6.13. The highest BCUT2D eigenvalue weighted by molar-refractivity contribution is 6.30. The molecule has 11 nitrogen and oxygen atoms in total. The van der Waals surface area contributed by atoms with Gasteiger partial charge in [-0.15, -0.1) is 0 Å². The highest BCUT2D eigenvalue weighted by Gasteiger charge is 2.46. The van der Waals surface area contributed by atoms with Crippen LogP contribution in [-0.2, 0) is 14.3 Å². The highest BCUT2D eigenvalue weighted by Crippen LogP contribution is 2.40. The number of carbonyl (C=O) groups is 3. The number of ether oxygens (including phenoxy) is 1. The molecule has 0 aliphatic carbocycles. The number of benzene rings is 1. The Hall–Kier alpha value is -3.60. The fraction of sp³-hybridized carbons (Fsp3) is 0.552. The molecule has 2 saturated heterocycles. The van der Waals surface area contributed by atoms with Gasteiger partial charge in [0, 0.05) is 50.3 Å². The van der Waals surface area contributed by atoms with Crippen LogP contribution in [0, 0.1) is 0 Å². The monoisotopic (exact) mass is 583 g/mol. The summed E-state index contributed by atoms with van der Waals surface area (Å²) in [6.45, 7) is 9.78. The predicted octanol–water partition coefficient (Wildman–Crippen LogP) is 3.74. The molecule has 1 aromatic carbocycles. The zero-order chi connectivity index (χ0) is 29.5. The number of nitrogens with one attached hydrogen (secondary N) is 1. The van der Waals surface area contributed by atoms with Gasteiger partial charge in [0.15, 0.2) is 11.6 Å². The standard InChI is InChI=1S/C29H38ClN7O4/c1-6-35-16-23(38)33-25-24(35)26(32-17-31-25)36-13-20-11-12-21(14-36)37(20)27(39)22(18-7-9-19(30)10-8-18)15-34(5)28(40)41-29(2,3)4/h7-10,17,20-22H,6,11-16H2,1-5H3,(H,31,32,33,38)/t20-,21+,22-/m1/s1. The van der Waals surface area contributed by atoms with Gasteiger partial charge in [-0.05, 0) is 58.2 Å². The molecule has 0 saturated carbocycles. The number of aromatic nitrogens is 2. The van der Waals surface area contributed by atoms with Crippen LogP contribution in [0.3, 0.4) is 0 Å². The molecule has 2 fully saturated rings. The molecular formula is C29H38ClN7O4. The van der Waals surface area contributed by atoms with Gasteiger partial charge in [-0.2, -0.15) is 0 Å². The van der Waals surface area contributed by atoms with Crippen molar-refractivity contribution in [2.75, 3.05) is 54.9 Å². The summed E-state index contributed by atoms with van der Waals surface area (Å²) >= 11 is 6.16. The van der Waals surface area contributed by atoms with Gasteiger partial charge in [-0.25, -0.2) is 14.8 Å². The van der Waals surface area contributed by atoms with Crippen molar-refractivity contribution in [3.8, 4) is 0 Å². The number of hydrogen-bond acceptors (Lipinski definition) is 8. The summed E-state index contributed by atoms with van der Waals surface area (Å²) in [5.41, 5.74) is 0.985. The van der Waals surface area contributed by atoms with E-state index in [-0.39, 0.29) is 37.0 Å². The maximum atomic E-state index is 14.3. The lowest BCUT2D eigenvalue weighted by molar-refractivity contribution is -0.136. The minimum absolute atomic E-state index is 0.0120. The van der Waals surface area contributed by atoms with Gasteiger partial charge < -0.3 is 29.7 Å². The van der Waals surface area contributed by atoms with Gasteiger partial charge in [0.05, 0.1) is 12.5 Å². The summed E-state index contributed by atoms with van der Waals surface area (Å²) in [5, 5.41) is 3.46. The number of rotatable bonds is 6. The Kier molecular flexibility index (Phi) is 8.00. The number of piperazine rings is 1. The molecule has 2 aromatic rings. The van der Waals surface area contributed by atoms with Crippen LogP contribution in [-0.4, -0.2) is 95.1 Å². The average Bonchev–Trinajstić information content (AvgIpc) is 3.18. The SMILES string of the molecule is CCN1CC(=O)Nc2ncnc(N3C[C@H]4CC[C@@H](C3)N4C(=O)[C@H](CN(C)C(=O)OC(C)(C)C)c3ccc(Cl)cc3)c21. The smallest absolute Gasteiger partial charge is 0.410 e.